The molecule has 0 saturated heterocycles. The van der Waals surface area contributed by atoms with E-state index in [-0.39, 0.29) is 16.2 Å². The van der Waals surface area contributed by atoms with Gasteiger partial charge in [-0.25, -0.2) is 4.68 Å². The van der Waals surface area contributed by atoms with Gasteiger partial charge in [0.05, 0.1) is 6.20 Å². The fourth-order valence-electron chi connectivity index (χ4n) is 2.66. The van der Waals surface area contributed by atoms with Gasteiger partial charge in [-0.2, -0.15) is 10.4 Å². The average Bonchev–Trinajstić information content (AvgIpc) is 3.09. The van der Waals surface area contributed by atoms with Gasteiger partial charge >= 0.3 is 0 Å². The highest BCUT2D eigenvalue weighted by Gasteiger charge is 2.25. The van der Waals surface area contributed by atoms with Crippen LogP contribution < -0.4 is 5.32 Å². The first-order valence-corrected chi connectivity index (χ1v) is 8.79. The summed E-state index contributed by atoms with van der Waals surface area (Å²) in [5, 5.41) is 16.7. The zero-order valence-corrected chi connectivity index (χ0v) is 15.1. The summed E-state index contributed by atoms with van der Waals surface area (Å²) in [6, 6.07) is 2.14. The number of hydrogen-bond acceptors (Lipinski definition) is 4. The van der Waals surface area contributed by atoms with Crippen LogP contribution >= 0.6 is 23.2 Å². The Morgan fingerprint density at radius 1 is 1.54 bits per heavy atom. The number of aromatic nitrogens is 2. The zero-order chi connectivity index (χ0) is 17.5. The highest BCUT2D eigenvalue weighted by Crippen LogP contribution is 2.28. The van der Waals surface area contributed by atoms with Crippen molar-refractivity contribution in [1.82, 2.24) is 9.78 Å². The number of allylic oxidation sites excluding steroid dienone is 3. The standard InChI is InChI=1S/C17H20Cl2N4O/c1-2-3-4-7-23-17(13(10-20)11-21-23)22-14-8-12(15(24)9-14)5-6-16(18)19/h6,9,11-12,22H,2-5,7-8H2,1H3. The van der Waals surface area contributed by atoms with E-state index in [2.05, 4.69) is 23.4 Å². The van der Waals surface area contributed by atoms with Gasteiger partial charge in [0.25, 0.3) is 0 Å². The minimum atomic E-state index is -0.165. The molecule has 1 unspecified atom stereocenters. The lowest BCUT2D eigenvalue weighted by molar-refractivity contribution is -0.117. The maximum Gasteiger partial charge on any atom is 0.161 e. The van der Waals surface area contributed by atoms with Crippen LogP contribution in [0.25, 0.3) is 0 Å². The number of nitrogens with one attached hydrogen (secondary N) is 1. The number of nitrogens with zero attached hydrogens (tertiary/aromatic N) is 3. The molecule has 7 heteroatoms. The normalized spacial score (nSPS) is 16.7. The summed E-state index contributed by atoms with van der Waals surface area (Å²) < 4.78 is 1.97. The largest absolute Gasteiger partial charge is 0.343 e. The van der Waals surface area contributed by atoms with Gasteiger partial charge < -0.3 is 5.32 Å². The van der Waals surface area contributed by atoms with Gasteiger partial charge in [0.1, 0.15) is 21.9 Å². The van der Waals surface area contributed by atoms with Crippen LogP contribution in [0.4, 0.5) is 5.82 Å². The van der Waals surface area contributed by atoms with E-state index >= 15 is 0 Å². The molecule has 0 saturated carbocycles. The Bertz CT molecular complexity index is 696. The third-order valence-electron chi connectivity index (χ3n) is 3.95. The molecule has 0 spiro atoms. The van der Waals surface area contributed by atoms with Crippen molar-refractivity contribution < 1.29 is 4.79 Å². The molecule has 1 N–H and O–H groups in total. The number of aryl methyl sites for hydroxylation is 1. The lowest BCUT2D eigenvalue weighted by Gasteiger charge is -2.12. The summed E-state index contributed by atoms with van der Waals surface area (Å²) in [6.45, 7) is 2.88. The quantitative estimate of drug-likeness (QED) is 0.685. The maximum absolute atomic E-state index is 12.1. The average molecular weight is 367 g/mol. The Hall–Kier alpha value is -1.77. The number of rotatable bonds is 8. The highest BCUT2D eigenvalue weighted by atomic mass is 35.5. The Labute approximate surface area is 151 Å². The van der Waals surface area contributed by atoms with Gasteiger partial charge in [0.15, 0.2) is 5.78 Å². The second-order valence-corrected chi connectivity index (χ2v) is 6.78. The van der Waals surface area contributed by atoms with Crippen molar-refractivity contribution in [2.45, 2.75) is 45.6 Å². The minimum Gasteiger partial charge on any atom is -0.343 e. The predicted octanol–water partition coefficient (Wildman–Crippen LogP) is 4.54. The second-order valence-electron chi connectivity index (χ2n) is 5.78. The first-order valence-electron chi connectivity index (χ1n) is 8.03. The summed E-state index contributed by atoms with van der Waals surface area (Å²) in [4.78, 5) is 12.1. The van der Waals surface area contributed by atoms with E-state index in [9.17, 15) is 10.1 Å². The van der Waals surface area contributed by atoms with Crippen LogP contribution in [0.15, 0.2) is 28.5 Å². The van der Waals surface area contributed by atoms with Crippen LogP contribution in [0.1, 0.15) is 44.6 Å². The van der Waals surface area contributed by atoms with E-state index < -0.39 is 0 Å². The first-order chi connectivity index (χ1) is 11.5. The van der Waals surface area contributed by atoms with Crippen LogP contribution in [-0.4, -0.2) is 15.6 Å². The van der Waals surface area contributed by atoms with E-state index in [1.165, 1.54) is 0 Å². The van der Waals surface area contributed by atoms with Crippen molar-refractivity contribution in [2.75, 3.05) is 5.32 Å². The third kappa shape index (κ3) is 4.86. The van der Waals surface area contributed by atoms with Crippen LogP contribution in [0.5, 0.6) is 0 Å². The summed E-state index contributed by atoms with van der Waals surface area (Å²) in [5.41, 5.74) is 1.27. The van der Waals surface area contributed by atoms with E-state index in [1.54, 1.807) is 23.0 Å². The molecule has 2 rings (SSSR count). The van der Waals surface area contributed by atoms with Crippen molar-refractivity contribution in [3.63, 3.8) is 0 Å². The molecule has 1 atom stereocenters. The lowest BCUT2D eigenvalue weighted by atomic mass is 10.0. The van der Waals surface area contributed by atoms with E-state index in [4.69, 9.17) is 23.2 Å². The van der Waals surface area contributed by atoms with Crippen LogP contribution in [0.3, 0.4) is 0 Å². The molecule has 5 nitrogen and oxygen atoms in total. The fraction of sp³-hybridized carbons (Fsp3) is 0.471. The number of carbonyl (C=O) groups is 1. The number of ketones is 1. The highest BCUT2D eigenvalue weighted by molar-refractivity contribution is 6.55. The van der Waals surface area contributed by atoms with Crippen molar-refractivity contribution in [2.24, 2.45) is 5.92 Å². The Morgan fingerprint density at radius 3 is 3.00 bits per heavy atom. The molecule has 1 heterocycles. The number of anilines is 1. The lowest BCUT2D eigenvalue weighted by Crippen LogP contribution is -2.09. The smallest absolute Gasteiger partial charge is 0.161 e. The summed E-state index contributed by atoms with van der Waals surface area (Å²) in [5.74, 6) is 0.528. The fourth-order valence-corrected chi connectivity index (χ4v) is 2.84. The topological polar surface area (TPSA) is 70.7 Å². The van der Waals surface area contributed by atoms with Gasteiger partial charge in [-0.3, -0.25) is 4.79 Å². The molecule has 1 aromatic heterocycles. The third-order valence-corrected chi connectivity index (χ3v) is 4.26. The SMILES string of the molecule is CCCCCn1ncc(C#N)c1NC1=CC(=O)C(CC=C(Cl)Cl)C1. The number of carbonyl (C=O) groups excluding carboxylic acids is 1. The van der Waals surface area contributed by atoms with Gasteiger partial charge in [-0.05, 0) is 19.3 Å². The van der Waals surface area contributed by atoms with Crippen molar-refractivity contribution >= 4 is 34.8 Å². The maximum atomic E-state index is 12.1. The molecule has 0 fully saturated rings. The van der Waals surface area contributed by atoms with Gasteiger partial charge in [0.2, 0.25) is 0 Å². The molecule has 0 aliphatic heterocycles. The van der Waals surface area contributed by atoms with Crippen LogP contribution in [0, 0.1) is 17.2 Å². The number of unbranched alkanes of at least 4 members (excludes halogenated alkanes) is 2. The molecule has 0 bridgehead atoms. The number of hydrogen-bond donors (Lipinski definition) is 1. The number of nitriles is 1. The molecule has 128 valence electrons. The summed E-state index contributed by atoms with van der Waals surface area (Å²) in [6.07, 6.45) is 9.08. The van der Waals surface area contributed by atoms with Gasteiger partial charge in [0, 0.05) is 24.2 Å². The Morgan fingerprint density at radius 2 is 2.33 bits per heavy atom. The monoisotopic (exact) mass is 366 g/mol. The van der Waals surface area contributed by atoms with E-state index in [0.717, 1.165) is 31.5 Å². The van der Waals surface area contributed by atoms with Gasteiger partial charge in [-0.15, -0.1) is 0 Å². The van der Waals surface area contributed by atoms with Crippen LogP contribution in [0.2, 0.25) is 0 Å². The second kappa shape index (κ2) is 8.91. The first kappa shape index (κ1) is 18.6. The van der Waals surface area contributed by atoms with Gasteiger partial charge in [-0.1, -0.05) is 49.0 Å². The molecule has 1 aliphatic rings. The Kier molecular flexibility index (Phi) is 6.89. The van der Waals surface area contributed by atoms with Crippen molar-refractivity contribution in [1.29, 1.82) is 5.26 Å². The minimum absolute atomic E-state index is 0.0406. The molecule has 0 aromatic carbocycles. The summed E-state index contributed by atoms with van der Waals surface area (Å²) in [7, 11) is 0. The molecule has 1 aliphatic carbocycles. The van der Waals surface area contributed by atoms with E-state index in [1.807, 2.05) is 0 Å². The van der Waals surface area contributed by atoms with Crippen LogP contribution in [-0.2, 0) is 11.3 Å². The molecule has 0 amide bonds. The molecule has 1 aromatic rings. The Balaban J connectivity index is 2.07. The molecule has 0 radical (unpaired) electrons. The summed E-state index contributed by atoms with van der Waals surface area (Å²) >= 11 is 11.2. The zero-order valence-electron chi connectivity index (χ0n) is 13.6. The van der Waals surface area contributed by atoms with Crippen molar-refractivity contribution in [3.8, 4) is 6.07 Å². The number of halogens is 2. The molecular weight excluding hydrogens is 347 g/mol. The predicted molar refractivity (Wildman–Crippen MR) is 95.7 cm³/mol. The van der Waals surface area contributed by atoms with Crippen molar-refractivity contribution in [3.05, 3.63) is 34.1 Å². The molecule has 24 heavy (non-hydrogen) atoms. The van der Waals surface area contributed by atoms with E-state index in [0.29, 0.717) is 24.2 Å². The molecular formula is C17H20Cl2N4O.